The molecule has 6 heteroatoms. The van der Waals surface area contributed by atoms with Gasteiger partial charge in [0.1, 0.15) is 0 Å². The van der Waals surface area contributed by atoms with Gasteiger partial charge in [-0.25, -0.2) is 4.68 Å². The summed E-state index contributed by atoms with van der Waals surface area (Å²) in [5, 5.41) is 12.7. The van der Waals surface area contributed by atoms with Gasteiger partial charge in [-0.2, -0.15) is 0 Å². The van der Waals surface area contributed by atoms with Gasteiger partial charge < -0.3 is 5.73 Å². The third-order valence-corrected chi connectivity index (χ3v) is 4.11. The lowest BCUT2D eigenvalue weighted by atomic mass is 10.1. The SMILES string of the molecule is CC1CCCC1n1nnnc1-c1ccc(Cl)cc1N. The van der Waals surface area contributed by atoms with Crippen LogP contribution in [0.25, 0.3) is 11.4 Å². The molecule has 1 aliphatic carbocycles. The lowest BCUT2D eigenvalue weighted by Gasteiger charge is -2.17. The van der Waals surface area contributed by atoms with Crippen LogP contribution in [0, 0.1) is 5.92 Å². The first-order valence-corrected chi connectivity index (χ1v) is 6.88. The summed E-state index contributed by atoms with van der Waals surface area (Å²) in [6, 6.07) is 5.78. The Kier molecular flexibility index (Phi) is 3.14. The molecular formula is C13H16ClN5. The Labute approximate surface area is 116 Å². The van der Waals surface area contributed by atoms with Crippen LogP contribution in [0.3, 0.4) is 0 Å². The van der Waals surface area contributed by atoms with Crippen LogP contribution in [0.15, 0.2) is 18.2 Å². The maximum Gasteiger partial charge on any atom is 0.184 e. The van der Waals surface area contributed by atoms with E-state index in [0.717, 1.165) is 17.8 Å². The number of halogens is 1. The van der Waals surface area contributed by atoms with Crippen LogP contribution >= 0.6 is 11.6 Å². The van der Waals surface area contributed by atoms with E-state index in [0.29, 0.717) is 22.7 Å². The molecule has 1 aromatic carbocycles. The summed E-state index contributed by atoms with van der Waals surface area (Å²) in [4.78, 5) is 0. The number of benzene rings is 1. The second-order valence-electron chi connectivity index (χ2n) is 5.15. The number of aromatic nitrogens is 4. The third-order valence-electron chi connectivity index (χ3n) is 3.88. The Morgan fingerprint density at radius 2 is 2.21 bits per heavy atom. The molecule has 100 valence electrons. The number of rotatable bonds is 2. The molecule has 0 spiro atoms. The van der Waals surface area contributed by atoms with E-state index in [4.69, 9.17) is 17.3 Å². The number of nitrogens with zero attached hydrogens (tertiary/aromatic N) is 4. The normalized spacial score (nSPS) is 22.8. The van der Waals surface area contributed by atoms with Crippen LogP contribution in [0.5, 0.6) is 0 Å². The molecule has 1 heterocycles. The second-order valence-corrected chi connectivity index (χ2v) is 5.59. The lowest BCUT2D eigenvalue weighted by Crippen LogP contribution is -2.15. The summed E-state index contributed by atoms with van der Waals surface area (Å²) in [6.45, 7) is 2.24. The lowest BCUT2D eigenvalue weighted by molar-refractivity contribution is 0.370. The largest absolute Gasteiger partial charge is 0.398 e. The highest BCUT2D eigenvalue weighted by Crippen LogP contribution is 2.37. The van der Waals surface area contributed by atoms with Gasteiger partial charge >= 0.3 is 0 Å². The van der Waals surface area contributed by atoms with Crippen LogP contribution in [0.2, 0.25) is 5.02 Å². The molecule has 0 amide bonds. The minimum Gasteiger partial charge on any atom is -0.398 e. The molecular weight excluding hydrogens is 262 g/mol. The summed E-state index contributed by atoms with van der Waals surface area (Å²) in [5.41, 5.74) is 7.47. The predicted molar refractivity (Wildman–Crippen MR) is 74.7 cm³/mol. The van der Waals surface area contributed by atoms with Crippen molar-refractivity contribution in [2.75, 3.05) is 5.73 Å². The van der Waals surface area contributed by atoms with Gasteiger partial charge in [-0.1, -0.05) is 24.9 Å². The monoisotopic (exact) mass is 277 g/mol. The summed E-state index contributed by atoms with van der Waals surface area (Å²) < 4.78 is 1.91. The van der Waals surface area contributed by atoms with Gasteiger partial charge in [0.25, 0.3) is 0 Å². The van der Waals surface area contributed by atoms with Gasteiger partial charge in [-0.3, -0.25) is 0 Å². The molecule has 5 nitrogen and oxygen atoms in total. The molecule has 2 atom stereocenters. The Hall–Kier alpha value is -1.62. The number of nitrogen functional groups attached to an aromatic ring is 1. The first-order valence-electron chi connectivity index (χ1n) is 6.50. The van der Waals surface area contributed by atoms with Gasteiger partial charge in [0.2, 0.25) is 0 Å². The molecule has 19 heavy (non-hydrogen) atoms. The number of hydrogen-bond donors (Lipinski definition) is 1. The molecule has 2 unspecified atom stereocenters. The van der Waals surface area contributed by atoms with Crippen molar-refractivity contribution < 1.29 is 0 Å². The summed E-state index contributed by atoms with van der Waals surface area (Å²) in [5.74, 6) is 1.32. The minimum absolute atomic E-state index is 0.361. The van der Waals surface area contributed by atoms with Crippen LogP contribution in [-0.2, 0) is 0 Å². The second kappa shape index (κ2) is 4.81. The van der Waals surface area contributed by atoms with E-state index >= 15 is 0 Å². The van der Waals surface area contributed by atoms with E-state index in [-0.39, 0.29) is 0 Å². The van der Waals surface area contributed by atoms with E-state index in [2.05, 4.69) is 22.4 Å². The van der Waals surface area contributed by atoms with Gasteiger partial charge in [0, 0.05) is 16.3 Å². The molecule has 2 aromatic rings. The van der Waals surface area contributed by atoms with Crippen LogP contribution in [0.1, 0.15) is 32.2 Å². The van der Waals surface area contributed by atoms with Crippen molar-refractivity contribution in [3.05, 3.63) is 23.2 Å². The van der Waals surface area contributed by atoms with Crippen molar-refractivity contribution >= 4 is 17.3 Å². The van der Waals surface area contributed by atoms with Crippen molar-refractivity contribution in [2.24, 2.45) is 5.92 Å². The van der Waals surface area contributed by atoms with Crippen LogP contribution in [-0.4, -0.2) is 20.2 Å². The highest BCUT2D eigenvalue weighted by atomic mass is 35.5. The third kappa shape index (κ3) is 2.18. The first kappa shape index (κ1) is 12.4. The van der Waals surface area contributed by atoms with Crippen molar-refractivity contribution in [3.8, 4) is 11.4 Å². The maximum absolute atomic E-state index is 6.02. The van der Waals surface area contributed by atoms with Gasteiger partial charge in [0.05, 0.1) is 6.04 Å². The fraction of sp³-hybridized carbons (Fsp3) is 0.462. The van der Waals surface area contributed by atoms with E-state index in [1.54, 1.807) is 6.07 Å². The Balaban J connectivity index is 2.04. The Bertz CT molecular complexity index is 594. The van der Waals surface area contributed by atoms with Gasteiger partial charge in [0.15, 0.2) is 5.82 Å². The van der Waals surface area contributed by atoms with Crippen LogP contribution in [0.4, 0.5) is 5.69 Å². The number of nitrogens with two attached hydrogens (primary N) is 1. The zero-order valence-electron chi connectivity index (χ0n) is 10.8. The van der Waals surface area contributed by atoms with E-state index in [9.17, 15) is 0 Å². The summed E-state index contributed by atoms with van der Waals surface area (Å²) in [7, 11) is 0. The molecule has 1 saturated carbocycles. The Morgan fingerprint density at radius 1 is 1.37 bits per heavy atom. The predicted octanol–water partition coefficient (Wildman–Crippen LogP) is 2.94. The highest BCUT2D eigenvalue weighted by molar-refractivity contribution is 6.31. The molecule has 0 aliphatic heterocycles. The average Bonchev–Trinajstić information content (AvgIpc) is 2.97. The molecule has 1 aliphatic rings. The zero-order chi connectivity index (χ0) is 13.4. The maximum atomic E-state index is 6.02. The molecule has 2 N–H and O–H groups in total. The average molecular weight is 278 g/mol. The quantitative estimate of drug-likeness (QED) is 0.857. The molecule has 1 fully saturated rings. The number of tetrazole rings is 1. The van der Waals surface area contributed by atoms with Crippen molar-refractivity contribution in [1.29, 1.82) is 0 Å². The van der Waals surface area contributed by atoms with E-state index < -0.39 is 0 Å². The highest BCUT2D eigenvalue weighted by Gasteiger charge is 2.28. The van der Waals surface area contributed by atoms with Crippen molar-refractivity contribution in [1.82, 2.24) is 20.2 Å². The summed E-state index contributed by atoms with van der Waals surface area (Å²) >= 11 is 5.93. The fourth-order valence-electron chi connectivity index (χ4n) is 2.82. The summed E-state index contributed by atoms with van der Waals surface area (Å²) in [6.07, 6.45) is 3.56. The smallest absolute Gasteiger partial charge is 0.184 e. The standard InChI is InChI=1S/C13H16ClN5/c1-8-3-2-4-12(8)19-13(16-17-18-19)10-6-5-9(14)7-11(10)15/h5-8,12H,2-4,15H2,1H3. The topological polar surface area (TPSA) is 69.6 Å². The van der Waals surface area contributed by atoms with Crippen LogP contribution < -0.4 is 5.73 Å². The van der Waals surface area contributed by atoms with E-state index in [1.165, 1.54) is 12.8 Å². The first-order chi connectivity index (χ1) is 9.16. The molecule has 3 rings (SSSR count). The fourth-order valence-corrected chi connectivity index (χ4v) is 3.00. The number of hydrogen-bond acceptors (Lipinski definition) is 4. The minimum atomic E-state index is 0.361. The van der Waals surface area contributed by atoms with Crippen molar-refractivity contribution in [3.63, 3.8) is 0 Å². The molecule has 0 radical (unpaired) electrons. The molecule has 0 saturated heterocycles. The molecule has 0 bridgehead atoms. The van der Waals surface area contributed by atoms with Crippen molar-refractivity contribution in [2.45, 2.75) is 32.2 Å². The van der Waals surface area contributed by atoms with Gasteiger partial charge in [-0.05, 0) is 47.4 Å². The molecule has 1 aromatic heterocycles. The van der Waals surface area contributed by atoms with Gasteiger partial charge in [-0.15, -0.1) is 5.10 Å². The Morgan fingerprint density at radius 3 is 2.89 bits per heavy atom. The number of anilines is 1. The zero-order valence-corrected chi connectivity index (χ0v) is 11.5. The van der Waals surface area contributed by atoms with E-state index in [1.807, 2.05) is 16.8 Å².